The third-order valence-corrected chi connectivity index (χ3v) is 3.19. The molecule has 2 N–H and O–H groups in total. The van der Waals surface area contributed by atoms with Crippen molar-refractivity contribution in [3.63, 3.8) is 0 Å². The fourth-order valence-corrected chi connectivity index (χ4v) is 2.25. The number of thiophene rings is 1. The van der Waals surface area contributed by atoms with Crippen LogP contribution in [-0.4, -0.2) is 4.98 Å². The molecule has 0 bridgehead atoms. The molecule has 0 saturated heterocycles. The second-order valence-electron chi connectivity index (χ2n) is 2.88. The maximum absolute atomic E-state index is 6.02. The van der Waals surface area contributed by atoms with E-state index < -0.39 is 0 Å². The zero-order chi connectivity index (χ0) is 9.97. The number of nitrogens with two attached hydrogens (primary N) is 1. The Labute approximate surface area is 91.4 Å². The van der Waals surface area contributed by atoms with Gasteiger partial charge in [0, 0.05) is 11.8 Å². The van der Waals surface area contributed by atoms with Gasteiger partial charge in [-0.2, -0.15) is 0 Å². The normalized spacial score (nSPS) is 12.7. The minimum atomic E-state index is -0.227. The smallest absolute Gasteiger partial charge is 0.0980 e. The Bertz CT molecular complexity index is 413. The molecule has 2 nitrogen and oxygen atoms in total. The molecule has 2 aromatic rings. The molecule has 0 amide bonds. The number of pyridine rings is 1. The predicted octanol–water partition coefficient (Wildman–Crippen LogP) is 2.84. The molecule has 1 atom stereocenters. The first kappa shape index (κ1) is 9.65. The Morgan fingerprint density at radius 1 is 1.36 bits per heavy atom. The molecule has 4 heteroatoms. The van der Waals surface area contributed by atoms with Gasteiger partial charge >= 0.3 is 0 Å². The number of hydrogen-bond donors (Lipinski definition) is 1. The van der Waals surface area contributed by atoms with Gasteiger partial charge in [0.1, 0.15) is 0 Å². The summed E-state index contributed by atoms with van der Waals surface area (Å²) in [5.41, 5.74) is 7.80. The Kier molecular flexibility index (Phi) is 2.82. The lowest BCUT2D eigenvalue weighted by molar-refractivity contribution is 0.833. The van der Waals surface area contributed by atoms with Gasteiger partial charge in [-0.05, 0) is 23.6 Å². The Morgan fingerprint density at radius 2 is 2.21 bits per heavy atom. The van der Waals surface area contributed by atoms with Crippen LogP contribution in [-0.2, 0) is 0 Å². The van der Waals surface area contributed by atoms with E-state index in [1.54, 1.807) is 6.20 Å². The lowest BCUT2D eigenvalue weighted by Crippen LogP contribution is -2.12. The van der Waals surface area contributed by atoms with Crippen molar-refractivity contribution >= 4 is 22.9 Å². The zero-order valence-electron chi connectivity index (χ0n) is 7.35. The molecule has 0 spiro atoms. The quantitative estimate of drug-likeness (QED) is 0.852. The lowest BCUT2D eigenvalue weighted by atomic mass is 10.1. The number of rotatable bonds is 2. The van der Waals surface area contributed by atoms with Gasteiger partial charge in [-0.25, -0.2) is 0 Å². The molecular formula is C10H9ClN2S. The number of nitrogens with zero attached hydrogens (tertiary/aromatic N) is 1. The van der Waals surface area contributed by atoms with Crippen molar-refractivity contribution in [3.8, 4) is 0 Å². The first-order valence-corrected chi connectivity index (χ1v) is 5.44. The summed E-state index contributed by atoms with van der Waals surface area (Å²) in [6, 6.07) is 7.40. The third kappa shape index (κ3) is 1.80. The highest BCUT2D eigenvalue weighted by Gasteiger charge is 2.13. The standard InChI is InChI=1S/C10H9ClN2S/c11-10-7(4-6-14-10)9(12)8-3-1-2-5-13-8/h1-6,9H,12H2. The first-order chi connectivity index (χ1) is 6.79. The summed E-state index contributed by atoms with van der Waals surface area (Å²) < 4.78 is 0.739. The fraction of sp³-hybridized carbons (Fsp3) is 0.100. The average Bonchev–Trinajstić information content (AvgIpc) is 2.65. The zero-order valence-corrected chi connectivity index (χ0v) is 8.92. The molecule has 0 aliphatic carbocycles. The van der Waals surface area contributed by atoms with Gasteiger partial charge in [-0.1, -0.05) is 17.7 Å². The molecule has 0 radical (unpaired) electrons. The van der Waals surface area contributed by atoms with Crippen LogP contribution in [0.3, 0.4) is 0 Å². The van der Waals surface area contributed by atoms with Crippen molar-refractivity contribution in [2.75, 3.05) is 0 Å². The van der Waals surface area contributed by atoms with Crippen LogP contribution in [0.5, 0.6) is 0 Å². The Hall–Kier alpha value is -0.900. The van der Waals surface area contributed by atoms with E-state index in [0.29, 0.717) is 0 Å². The highest BCUT2D eigenvalue weighted by atomic mass is 35.5. The molecule has 1 unspecified atom stereocenters. The topological polar surface area (TPSA) is 38.9 Å². The maximum Gasteiger partial charge on any atom is 0.0980 e. The minimum absolute atomic E-state index is 0.227. The van der Waals surface area contributed by atoms with Crippen molar-refractivity contribution < 1.29 is 0 Å². The Balaban J connectivity index is 2.34. The molecule has 0 saturated carbocycles. The van der Waals surface area contributed by atoms with E-state index in [2.05, 4.69) is 4.98 Å². The van der Waals surface area contributed by atoms with Gasteiger partial charge < -0.3 is 5.73 Å². The van der Waals surface area contributed by atoms with Crippen LogP contribution in [0.2, 0.25) is 4.34 Å². The molecule has 2 heterocycles. The van der Waals surface area contributed by atoms with Crippen LogP contribution in [0.1, 0.15) is 17.3 Å². The van der Waals surface area contributed by atoms with E-state index in [9.17, 15) is 0 Å². The largest absolute Gasteiger partial charge is 0.319 e. The van der Waals surface area contributed by atoms with Crippen molar-refractivity contribution in [3.05, 3.63) is 51.4 Å². The van der Waals surface area contributed by atoms with E-state index in [4.69, 9.17) is 17.3 Å². The monoisotopic (exact) mass is 224 g/mol. The molecule has 2 rings (SSSR count). The SMILES string of the molecule is NC(c1ccccn1)c1ccsc1Cl. The molecule has 0 aromatic carbocycles. The van der Waals surface area contributed by atoms with Crippen molar-refractivity contribution in [1.82, 2.24) is 4.98 Å². The molecule has 2 aromatic heterocycles. The highest BCUT2D eigenvalue weighted by Crippen LogP contribution is 2.29. The van der Waals surface area contributed by atoms with E-state index in [0.717, 1.165) is 15.6 Å². The van der Waals surface area contributed by atoms with E-state index >= 15 is 0 Å². The summed E-state index contributed by atoms with van der Waals surface area (Å²) in [5, 5.41) is 1.93. The van der Waals surface area contributed by atoms with Gasteiger partial charge in [0.05, 0.1) is 16.1 Å². The van der Waals surface area contributed by atoms with Gasteiger partial charge in [-0.15, -0.1) is 11.3 Å². The molecule has 0 aliphatic rings. The maximum atomic E-state index is 6.02. The van der Waals surface area contributed by atoms with Crippen LogP contribution < -0.4 is 5.73 Å². The number of aromatic nitrogens is 1. The van der Waals surface area contributed by atoms with Crippen LogP contribution in [0, 0.1) is 0 Å². The summed E-state index contributed by atoms with van der Waals surface area (Å²) in [5.74, 6) is 0. The van der Waals surface area contributed by atoms with Gasteiger partial charge in [0.25, 0.3) is 0 Å². The summed E-state index contributed by atoms with van der Waals surface area (Å²) in [4.78, 5) is 4.20. The molecular weight excluding hydrogens is 216 g/mol. The summed E-state index contributed by atoms with van der Waals surface area (Å²) in [7, 11) is 0. The Morgan fingerprint density at radius 3 is 2.79 bits per heavy atom. The summed E-state index contributed by atoms with van der Waals surface area (Å²) >= 11 is 7.48. The first-order valence-electron chi connectivity index (χ1n) is 4.18. The van der Waals surface area contributed by atoms with Gasteiger partial charge in [0.2, 0.25) is 0 Å². The van der Waals surface area contributed by atoms with Crippen LogP contribution in [0.4, 0.5) is 0 Å². The van der Waals surface area contributed by atoms with Crippen LogP contribution in [0.25, 0.3) is 0 Å². The van der Waals surface area contributed by atoms with E-state index in [1.807, 2.05) is 29.6 Å². The average molecular weight is 225 g/mol. The van der Waals surface area contributed by atoms with Crippen molar-refractivity contribution in [2.24, 2.45) is 5.73 Å². The molecule has 0 fully saturated rings. The second kappa shape index (κ2) is 4.09. The minimum Gasteiger partial charge on any atom is -0.319 e. The van der Waals surface area contributed by atoms with Crippen LogP contribution >= 0.6 is 22.9 Å². The number of halogens is 1. The number of hydrogen-bond acceptors (Lipinski definition) is 3. The van der Waals surface area contributed by atoms with Gasteiger partial charge in [-0.3, -0.25) is 4.98 Å². The summed E-state index contributed by atoms with van der Waals surface area (Å²) in [6.07, 6.45) is 1.73. The predicted molar refractivity (Wildman–Crippen MR) is 59.6 cm³/mol. The molecule has 0 aliphatic heterocycles. The second-order valence-corrected chi connectivity index (χ2v) is 4.40. The van der Waals surface area contributed by atoms with Crippen LogP contribution in [0.15, 0.2) is 35.8 Å². The molecule has 72 valence electrons. The fourth-order valence-electron chi connectivity index (χ4n) is 1.25. The van der Waals surface area contributed by atoms with Gasteiger partial charge in [0.15, 0.2) is 0 Å². The van der Waals surface area contributed by atoms with Crippen molar-refractivity contribution in [1.29, 1.82) is 0 Å². The van der Waals surface area contributed by atoms with Crippen molar-refractivity contribution in [2.45, 2.75) is 6.04 Å². The van der Waals surface area contributed by atoms with E-state index in [-0.39, 0.29) is 6.04 Å². The highest BCUT2D eigenvalue weighted by molar-refractivity contribution is 7.14. The summed E-state index contributed by atoms with van der Waals surface area (Å²) in [6.45, 7) is 0. The molecule has 14 heavy (non-hydrogen) atoms. The van der Waals surface area contributed by atoms with E-state index in [1.165, 1.54) is 11.3 Å². The third-order valence-electron chi connectivity index (χ3n) is 1.99. The lowest BCUT2D eigenvalue weighted by Gasteiger charge is -2.09.